The SMILES string of the molecule is CCCCn1c(SCCCCCn2nnc(-c3ccccc3)n2)n[nH]c1=O. The van der Waals surface area contributed by atoms with Crippen LogP contribution in [0, 0.1) is 0 Å². The number of hydrogen-bond acceptors (Lipinski definition) is 6. The highest BCUT2D eigenvalue weighted by molar-refractivity contribution is 7.99. The van der Waals surface area contributed by atoms with Gasteiger partial charge in [0.2, 0.25) is 5.82 Å². The number of tetrazole rings is 1. The molecule has 1 aromatic carbocycles. The van der Waals surface area contributed by atoms with Gasteiger partial charge in [-0.2, -0.15) is 4.80 Å². The topological polar surface area (TPSA) is 94.3 Å². The first-order chi connectivity index (χ1) is 13.3. The first-order valence-electron chi connectivity index (χ1n) is 9.39. The van der Waals surface area contributed by atoms with E-state index in [2.05, 4.69) is 32.5 Å². The zero-order chi connectivity index (χ0) is 18.9. The van der Waals surface area contributed by atoms with Crippen molar-refractivity contribution in [3.8, 4) is 11.4 Å². The van der Waals surface area contributed by atoms with Crippen molar-refractivity contribution in [2.75, 3.05) is 5.75 Å². The van der Waals surface area contributed by atoms with E-state index < -0.39 is 0 Å². The highest BCUT2D eigenvalue weighted by Crippen LogP contribution is 2.16. The molecule has 0 spiro atoms. The third kappa shape index (κ3) is 5.53. The van der Waals surface area contributed by atoms with Crippen LogP contribution in [0.3, 0.4) is 0 Å². The van der Waals surface area contributed by atoms with E-state index in [4.69, 9.17) is 0 Å². The van der Waals surface area contributed by atoms with Gasteiger partial charge >= 0.3 is 5.69 Å². The molecule has 9 heteroatoms. The second-order valence-corrected chi connectivity index (χ2v) is 7.36. The molecular formula is C18H25N7OS. The lowest BCUT2D eigenvalue weighted by Crippen LogP contribution is -2.17. The van der Waals surface area contributed by atoms with Crippen molar-refractivity contribution in [1.29, 1.82) is 0 Å². The van der Waals surface area contributed by atoms with Crippen LogP contribution in [-0.2, 0) is 13.1 Å². The van der Waals surface area contributed by atoms with Gasteiger partial charge in [-0.05, 0) is 24.5 Å². The third-order valence-electron chi connectivity index (χ3n) is 4.18. The normalized spacial score (nSPS) is 11.1. The molecule has 0 amide bonds. The smallest absolute Gasteiger partial charge is 0.270 e. The Hall–Kier alpha value is -2.42. The van der Waals surface area contributed by atoms with Crippen molar-refractivity contribution in [3.05, 3.63) is 40.8 Å². The minimum absolute atomic E-state index is 0.113. The molecule has 0 saturated carbocycles. The van der Waals surface area contributed by atoms with E-state index in [1.807, 2.05) is 30.3 Å². The van der Waals surface area contributed by atoms with E-state index in [1.165, 1.54) is 0 Å². The summed E-state index contributed by atoms with van der Waals surface area (Å²) in [6.07, 6.45) is 5.17. The van der Waals surface area contributed by atoms with Crippen LogP contribution in [0.4, 0.5) is 0 Å². The monoisotopic (exact) mass is 387 g/mol. The molecule has 27 heavy (non-hydrogen) atoms. The average Bonchev–Trinajstić information content (AvgIpc) is 3.31. The first-order valence-corrected chi connectivity index (χ1v) is 10.4. The maximum atomic E-state index is 11.8. The van der Waals surface area contributed by atoms with Crippen LogP contribution < -0.4 is 5.69 Å². The second kappa shape index (κ2) is 10.1. The number of aryl methyl sites for hydroxylation is 1. The summed E-state index contributed by atoms with van der Waals surface area (Å²) >= 11 is 1.64. The maximum Gasteiger partial charge on any atom is 0.343 e. The number of hydrogen-bond donors (Lipinski definition) is 1. The summed E-state index contributed by atoms with van der Waals surface area (Å²) in [7, 11) is 0. The number of rotatable bonds is 11. The Bertz CT molecular complexity index is 871. The number of H-pyrrole nitrogens is 1. The van der Waals surface area contributed by atoms with E-state index in [0.717, 1.165) is 61.7 Å². The Morgan fingerprint density at radius 2 is 1.93 bits per heavy atom. The predicted octanol–water partition coefficient (Wildman–Crippen LogP) is 2.99. The minimum atomic E-state index is -0.113. The molecule has 0 saturated heterocycles. The molecule has 0 atom stereocenters. The molecule has 1 N–H and O–H groups in total. The van der Waals surface area contributed by atoms with Gasteiger partial charge in [0.05, 0.1) is 6.54 Å². The van der Waals surface area contributed by atoms with Gasteiger partial charge in [0.1, 0.15) is 0 Å². The van der Waals surface area contributed by atoms with Gasteiger partial charge in [-0.3, -0.25) is 4.57 Å². The van der Waals surface area contributed by atoms with Gasteiger partial charge in [-0.1, -0.05) is 61.9 Å². The number of benzene rings is 1. The second-order valence-electron chi connectivity index (χ2n) is 6.30. The standard InChI is InChI=1S/C18H25N7OS/c1-2-3-12-24-17(26)20-21-18(24)27-14-9-5-8-13-25-22-16(19-23-25)15-10-6-4-7-11-15/h4,6-7,10-11H,2-3,5,8-9,12-14H2,1H3,(H,20,26). The molecule has 3 aromatic rings. The number of nitrogens with one attached hydrogen (secondary N) is 1. The van der Waals surface area contributed by atoms with Gasteiger partial charge in [0, 0.05) is 17.9 Å². The van der Waals surface area contributed by atoms with Crippen molar-refractivity contribution >= 4 is 11.8 Å². The van der Waals surface area contributed by atoms with Crippen LogP contribution in [0.15, 0.2) is 40.3 Å². The van der Waals surface area contributed by atoms with Crippen molar-refractivity contribution in [3.63, 3.8) is 0 Å². The zero-order valence-electron chi connectivity index (χ0n) is 15.5. The number of aromatic nitrogens is 7. The summed E-state index contributed by atoms with van der Waals surface area (Å²) < 4.78 is 1.73. The molecular weight excluding hydrogens is 362 g/mol. The summed E-state index contributed by atoms with van der Waals surface area (Å²) in [6, 6.07) is 9.86. The van der Waals surface area contributed by atoms with Crippen molar-refractivity contribution in [1.82, 2.24) is 35.0 Å². The summed E-state index contributed by atoms with van der Waals surface area (Å²) in [5, 5.41) is 20.1. The molecule has 0 aliphatic carbocycles. The predicted molar refractivity (Wildman–Crippen MR) is 106 cm³/mol. The Morgan fingerprint density at radius 1 is 1.07 bits per heavy atom. The Balaban J connectivity index is 1.37. The van der Waals surface area contributed by atoms with E-state index in [-0.39, 0.29) is 5.69 Å². The largest absolute Gasteiger partial charge is 0.343 e. The van der Waals surface area contributed by atoms with Crippen LogP contribution in [-0.4, -0.2) is 40.7 Å². The van der Waals surface area contributed by atoms with E-state index in [0.29, 0.717) is 5.82 Å². The summed E-state index contributed by atoms with van der Waals surface area (Å²) in [5.41, 5.74) is 0.866. The maximum absolute atomic E-state index is 11.8. The fourth-order valence-corrected chi connectivity index (χ4v) is 3.63. The molecule has 8 nitrogen and oxygen atoms in total. The molecule has 0 bridgehead atoms. The van der Waals surface area contributed by atoms with Gasteiger partial charge in [0.15, 0.2) is 5.16 Å². The Kier molecular flexibility index (Phi) is 7.20. The van der Waals surface area contributed by atoms with Gasteiger partial charge < -0.3 is 0 Å². The quantitative estimate of drug-likeness (QED) is 0.401. The molecule has 0 fully saturated rings. The summed E-state index contributed by atoms with van der Waals surface area (Å²) in [4.78, 5) is 13.4. The van der Waals surface area contributed by atoms with Crippen LogP contribution in [0.25, 0.3) is 11.4 Å². The number of unbranched alkanes of at least 4 members (excludes halogenated alkanes) is 3. The molecule has 3 rings (SSSR count). The number of nitrogens with zero attached hydrogens (tertiary/aromatic N) is 6. The van der Waals surface area contributed by atoms with Crippen molar-refractivity contribution in [2.24, 2.45) is 0 Å². The third-order valence-corrected chi connectivity index (χ3v) is 5.24. The van der Waals surface area contributed by atoms with Crippen molar-refractivity contribution < 1.29 is 0 Å². The molecule has 2 aromatic heterocycles. The minimum Gasteiger partial charge on any atom is -0.270 e. The van der Waals surface area contributed by atoms with Gasteiger partial charge in [0.25, 0.3) is 0 Å². The molecule has 0 unspecified atom stereocenters. The lowest BCUT2D eigenvalue weighted by molar-refractivity contribution is 0.486. The zero-order valence-corrected chi connectivity index (χ0v) is 16.4. The van der Waals surface area contributed by atoms with E-state index >= 15 is 0 Å². The van der Waals surface area contributed by atoms with Crippen LogP contribution in [0.1, 0.15) is 39.0 Å². The van der Waals surface area contributed by atoms with Crippen LogP contribution in [0.2, 0.25) is 0 Å². The highest BCUT2D eigenvalue weighted by Gasteiger charge is 2.08. The molecule has 0 aliphatic heterocycles. The number of aromatic amines is 1. The highest BCUT2D eigenvalue weighted by atomic mass is 32.2. The van der Waals surface area contributed by atoms with Gasteiger partial charge in [-0.15, -0.1) is 15.3 Å². The molecule has 2 heterocycles. The molecule has 0 aliphatic rings. The Labute approximate surface area is 162 Å². The average molecular weight is 388 g/mol. The molecule has 144 valence electrons. The number of thioether (sulfide) groups is 1. The lowest BCUT2D eigenvalue weighted by Gasteiger charge is -2.04. The van der Waals surface area contributed by atoms with E-state index in [9.17, 15) is 4.79 Å². The van der Waals surface area contributed by atoms with Crippen LogP contribution in [0.5, 0.6) is 0 Å². The summed E-state index contributed by atoms with van der Waals surface area (Å²) in [5.74, 6) is 1.60. The van der Waals surface area contributed by atoms with Gasteiger partial charge in [-0.25, -0.2) is 9.89 Å². The van der Waals surface area contributed by atoms with Crippen molar-refractivity contribution in [2.45, 2.75) is 57.3 Å². The summed E-state index contributed by atoms with van der Waals surface area (Å²) in [6.45, 7) is 3.61. The first kappa shape index (κ1) is 19.3. The lowest BCUT2D eigenvalue weighted by atomic mass is 10.2. The van der Waals surface area contributed by atoms with Crippen LogP contribution >= 0.6 is 11.8 Å². The molecule has 0 radical (unpaired) electrons. The fraction of sp³-hybridized carbons (Fsp3) is 0.500. The van der Waals surface area contributed by atoms with E-state index in [1.54, 1.807) is 21.1 Å². The Morgan fingerprint density at radius 3 is 2.74 bits per heavy atom. The fourth-order valence-electron chi connectivity index (χ4n) is 2.66.